The molecule has 0 aromatic heterocycles. The number of carbonyl (C=O) groups excluding carboxylic acids is 3. The van der Waals surface area contributed by atoms with Crippen molar-refractivity contribution in [3.05, 3.63) is 64.2 Å². The fraction of sp³-hybridized carbons (Fsp3) is 0.375. The number of amides is 3. The molecule has 0 bridgehead atoms. The average molecular weight is 440 g/mol. The Morgan fingerprint density at radius 1 is 0.968 bits per heavy atom. The zero-order chi connectivity index (χ0) is 22.0. The number of hydrogen-bond donors (Lipinski definition) is 1. The van der Waals surface area contributed by atoms with Crippen molar-refractivity contribution in [1.29, 1.82) is 0 Å². The van der Waals surface area contributed by atoms with Crippen molar-refractivity contribution in [2.45, 2.75) is 45.2 Å². The molecule has 2 aliphatic heterocycles. The summed E-state index contributed by atoms with van der Waals surface area (Å²) in [6.07, 6.45) is 3.60. The van der Waals surface area contributed by atoms with E-state index in [0.717, 1.165) is 43.5 Å². The molecular formula is C24H26ClN3O3. The highest BCUT2D eigenvalue weighted by molar-refractivity contribution is 6.30. The summed E-state index contributed by atoms with van der Waals surface area (Å²) in [4.78, 5) is 41.9. The van der Waals surface area contributed by atoms with Gasteiger partial charge in [0.25, 0.3) is 5.91 Å². The number of carbonyl (C=O) groups is 3. The molecule has 0 radical (unpaired) electrons. The normalized spacial score (nSPS) is 18.3. The third kappa shape index (κ3) is 4.74. The minimum atomic E-state index is -0.541. The summed E-state index contributed by atoms with van der Waals surface area (Å²) >= 11 is 5.99. The molecule has 0 saturated carbocycles. The van der Waals surface area contributed by atoms with Crippen LogP contribution in [0.1, 0.15) is 47.7 Å². The Bertz CT molecular complexity index is 1000. The number of piperidine rings is 1. The lowest BCUT2D eigenvalue weighted by atomic mass is 9.91. The number of rotatable bonds is 3. The number of benzene rings is 2. The van der Waals surface area contributed by atoms with Crippen molar-refractivity contribution in [1.82, 2.24) is 9.80 Å². The van der Waals surface area contributed by atoms with Gasteiger partial charge in [0.15, 0.2) is 0 Å². The third-order valence-corrected chi connectivity index (χ3v) is 6.21. The van der Waals surface area contributed by atoms with Crippen molar-refractivity contribution >= 4 is 35.0 Å². The van der Waals surface area contributed by atoms with Crippen LogP contribution in [0.5, 0.6) is 0 Å². The molecule has 6 nitrogen and oxygen atoms in total. The molecule has 0 spiro atoms. The molecule has 1 fully saturated rings. The zero-order valence-electron chi connectivity index (χ0n) is 17.6. The summed E-state index contributed by atoms with van der Waals surface area (Å²) in [5.41, 5.74) is 3.16. The maximum Gasteiger partial charge on any atom is 0.254 e. The highest BCUT2D eigenvalue weighted by atomic mass is 35.5. The fourth-order valence-electron chi connectivity index (χ4n) is 4.38. The first-order valence-electron chi connectivity index (χ1n) is 10.7. The lowest BCUT2D eigenvalue weighted by Crippen LogP contribution is -2.54. The number of likely N-dealkylation sites (tertiary alicyclic amines) is 1. The van der Waals surface area contributed by atoms with Gasteiger partial charge >= 0.3 is 0 Å². The summed E-state index contributed by atoms with van der Waals surface area (Å²) in [6, 6.07) is 11.9. The van der Waals surface area contributed by atoms with Gasteiger partial charge in [0.05, 0.1) is 0 Å². The number of halogens is 1. The lowest BCUT2D eigenvalue weighted by molar-refractivity contribution is -0.137. The molecule has 7 heteroatoms. The summed E-state index contributed by atoms with van der Waals surface area (Å²) in [7, 11) is 0. The second kappa shape index (κ2) is 9.10. The molecule has 2 aliphatic rings. The van der Waals surface area contributed by atoms with Gasteiger partial charge < -0.3 is 15.1 Å². The molecule has 1 N–H and O–H groups in total. The van der Waals surface area contributed by atoms with Crippen LogP contribution in [0.25, 0.3) is 0 Å². The Balaban J connectivity index is 1.67. The van der Waals surface area contributed by atoms with Gasteiger partial charge in [0, 0.05) is 49.3 Å². The van der Waals surface area contributed by atoms with Gasteiger partial charge in [-0.05, 0) is 66.8 Å². The van der Waals surface area contributed by atoms with Gasteiger partial charge in [-0.2, -0.15) is 0 Å². The predicted molar refractivity (Wildman–Crippen MR) is 120 cm³/mol. The topological polar surface area (TPSA) is 69.7 Å². The molecule has 4 rings (SSSR count). The van der Waals surface area contributed by atoms with Crippen LogP contribution < -0.4 is 5.32 Å². The molecular weight excluding hydrogens is 414 g/mol. The second-order valence-electron chi connectivity index (χ2n) is 8.21. The Hall–Kier alpha value is -2.86. The SMILES string of the molecule is CC(=O)Nc1ccc2c(c1)CN(C(=O)c1ccc(Cl)cc1)[C@@H](C(=O)N1CCCCC1)C2. The van der Waals surface area contributed by atoms with Gasteiger partial charge in [-0.25, -0.2) is 0 Å². The van der Waals surface area contributed by atoms with Crippen LogP contribution in [0.4, 0.5) is 5.69 Å². The van der Waals surface area contributed by atoms with E-state index in [1.807, 2.05) is 23.1 Å². The van der Waals surface area contributed by atoms with Gasteiger partial charge in [-0.3, -0.25) is 14.4 Å². The molecule has 3 amide bonds. The monoisotopic (exact) mass is 439 g/mol. The Morgan fingerprint density at radius 3 is 2.35 bits per heavy atom. The second-order valence-corrected chi connectivity index (χ2v) is 8.65. The van der Waals surface area contributed by atoms with Crippen LogP contribution in [0, 0.1) is 0 Å². The Kier molecular flexibility index (Phi) is 6.28. The first kappa shape index (κ1) is 21.4. The molecule has 0 aliphatic carbocycles. The molecule has 2 aromatic carbocycles. The van der Waals surface area contributed by atoms with Crippen LogP contribution in [0.3, 0.4) is 0 Å². The van der Waals surface area contributed by atoms with Crippen molar-refractivity contribution < 1.29 is 14.4 Å². The van der Waals surface area contributed by atoms with Crippen LogP contribution >= 0.6 is 11.6 Å². The van der Waals surface area contributed by atoms with Crippen molar-refractivity contribution in [2.24, 2.45) is 0 Å². The van der Waals surface area contributed by atoms with Gasteiger partial charge in [-0.15, -0.1) is 0 Å². The van der Waals surface area contributed by atoms with E-state index in [9.17, 15) is 14.4 Å². The van der Waals surface area contributed by atoms with E-state index in [1.54, 1.807) is 29.2 Å². The van der Waals surface area contributed by atoms with E-state index >= 15 is 0 Å². The molecule has 162 valence electrons. The smallest absolute Gasteiger partial charge is 0.254 e. The molecule has 1 atom stereocenters. The maximum atomic E-state index is 13.4. The predicted octanol–water partition coefficient (Wildman–Crippen LogP) is 3.88. The van der Waals surface area contributed by atoms with E-state index in [0.29, 0.717) is 29.2 Å². The van der Waals surface area contributed by atoms with E-state index in [1.165, 1.54) is 6.92 Å². The first-order valence-corrected chi connectivity index (χ1v) is 11.0. The minimum absolute atomic E-state index is 0.0126. The van der Waals surface area contributed by atoms with Crippen LogP contribution in [-0.2, 0) is 22.6 Å². The molecule has 2 heterocycles. The highest BCUT2D eigenvalue weighted by Gasteiger charge is 2.37. The number of hydrogen-bond acceptors (Lipinski definition) is 3. The number of fused-ring (bicyclic) bond motifs is 1. The fourth-order valence-corrected chi connectivity index (χ4v) is 4.51. The van der Waals surface area contributed by atoms with Crippen LogP contribution in [-0.4, -0.2) is 46.7 Å². The largest absolute Gasteiger partial charge is 0.341 e. The quantitative estimate of drug-likeness (QED) is 0.789. The summed E-state index contributed by atoms with van der Waals surface area (Å²) in [6.45, 7) is 3.26. The minimum Gasteiger partial charge on any atom is -0.341 e. The van der Waals surface area contributed by atoms with Gasteiger partial charge in [0.1, 0.15) is 6.04 Å². The van der Waals surface area contributed by atoms with E-state index in [4.69, 9.17) is 11.6 Å². The molecule has 1 saturated heterocycles. The first-order chi connectivity index (χ1) is 14.9. The zero-order valence-corrected chi connectivity index (χ0v) is 18.3. The number of anilines is 1. The number of nitrogens with zero attached hydrogens (tertiary/aromatic N) is 2. The summed E-state index contributed by atoms with van der Waals surface area (Å²) in [5, 5.41) is 3.35. The third-order valence-electron chi connectivity index (χ3n) is 5.96. The number of nitrogens with one attached hydrogen (secondary N) is 1. The molecule has 0 unspecified atom stereocenters. The Morgan fingerprint density at radius 2 is 1.68 bits per heavy atom. The van der Waals surface area contributed by atoms with Crippen molar-refractivity contribution in [3.63, 3.8) is 0 Å². The van der Waals surface area contributed by atoms with Gasteiger partial charge in [0.2, 0.25) is 11.8 Å². The summed E-state index contributed by atoms with van der Waals surface area (Å²) < 4.78 is 0. The van der Waals surface area contributed by atoms with E-state index in [2.05, 4.69) is 5.32 Å². The average Bonchev–Trinajstić information content (AvgIpc) is 2.78. The molecule has 31 heavy (non-hydrogen) atoms. The van der Waals surface area contributed by atoms with E-state index < -0.39 is 6.04 Å². The van der Waals surface area contributed by atoms with Gasteiger partial charge in [-0.1, -0.05) is 17.7 Å². The van der Waals surface area contributed by atoms with Crippen molar-refractivity contribution in [3.8, 4) is 0 Å². The van der Waals surface area contributed by atoms with E-state index in [-0.39, 0.29) is 17.7 Å². The Labute approximate surface area is 187 Å². The van der Waals surface area contributed by atoms with Crippen molar-refractivity contribution in [2.75, 3.05) is 18.4 Å². The summed E-state index contributed by atoms with van der Waals surface area (Å²) in [5.74, 6) is -0.329. The molecule has 2 aromatic rings. The van der Waals surface area contributed by atoms with Crippen LogP contribution in [0.2, 0.25) is 5.02 Å². The highest BCUT2D eigenvalue weighted by Crippen LogP contribution is 2.29. The maximum absolute atomic E-state index is 13.4. The lowest BCUT2D eigenvalue weighted by Gasteiger charge is -2.39. The standard InChI is InChI=1S/C24H26ClN3O3/c1-16(29)26-21-10-7-18-14-22(24(31)27-11-3-2-4-12-27)28(15-19(18)13-21)23(30)17-5-8-20(25)9-6-17/h5-10,13,22H,2-4,11-12,14-15H2,1H3,(H,26,29)/t22-/m1/s1. The van der Waals surface area contributed by atoms with Crippen LogP contribution in [0.15, 0.2) is 42.5 Å².